The highest BCUT2D eigenvalue weighted by molar-refractivity contribution is 6.04. The number of para-hydroxylation sites is 1. The van der Waals surface area contributed by atoms with Gasteiger partial charge in [-0.25, -0.2) is 4.79 Å². The van der Waals surface area contributed by atoms with E-state index in [2.05, 4.69) is 4.98 Å². The second-order valence-corrected chi connectivity index (χ2v) is 4.57. The van der Waals surface area contributed by atoms with Crippen LogP contribution in [0.5, 0.6) is 0 Å². The van der Waals surface area contributed by atoms with E-state index < -0.39 is 49.6 Å². The number of piperidine rings is 1. The molecule has 2 bridgehead atoms. The second-order valence-electron chi connectivity index (χ2n) is 4.57. The molecule has 0 amide bonds. The van der Waals surface area contributed by atoms with E-state index in [-0.39, 0.29) is 33.5 Å². The summed E-state index contributed by atoms with van der Waals surface area (Å²) in [6, 6.07) is -4.61. The molecule has 0 saturated carbocycles. The Morgan fingerprint density at radius 3 is 3.05 bits per heavy atom. The predicted molar refractivity (Wildman–Crippen MR) is 81.3 cm³/mol. The molecule has 3 atom stereocenters. The lowest BCUT2D eigenvalue weighted by molar-refractivity contribution is -0.000258. The first-order valence-corrected chi connectivity index (χ1v) is 6.24. The van der Waals surface area contributed by atoms with Crippen molar-refractivity contribution >= 4 is 16.9 Å². The van der Waals surface area contributed by atoms with E-state index in [1.54, 1.807) is 0 Å². The van der Waals surface area contributed by atoms with E-state index in [0.29, 0.717) is 0 Å². The van der Waals surface area contributed by atoms with Gasteiger partial charge >= 0.3 is 5.97 Å². The first kappa shape index (κ1) is 5.13. The number of rotatable bonds is 2. The van der Waals surface area contributed by atoms with Crippen molar-refractivity contribution in [3.05, 3.63) is 36.0 Å². The minimum atomic E-state index is -3.74. The quantitative estimate of drug-likeness (QED) is 0.867. The van der Waals surface area contributed by atoms with Gasteiger partial charge in [-0.3, -0.25) is 0 Å². The fraction of sp³-hybridized carbons (Fsp3) is 0.471. The Morgan fingerprint density at radius 1 is 1.52 bits per heavy atom. The van der Waals surface area contributed by atoms with Crippen molar-refractivity contribution in [3.8, 4) is 0 Å². The molecule has 4 heteroatoms. The number of carbonyl (C=O) groups excluding carboxylic acids is 1. The second kappa shape index (κ2) is 4.88. The summed E-state index contributed by atoms with van der Waals surface area (Å²) >= 11 is 0. The smallest absolute Gasteiger partial charge is 0.340 e. The third-order valence-electron chi connectivity index (χ3n) is 3.30. The van der Waals surface area contributed by atoms with Gasteiger partial charge in [0.05, 0.1) is 9.68 Å². The van der Waals surface area contributed by atoms with Gasteiger partial charge in [0.2, 0.25) is 0 Å². The monoisotopic (exact) mass is 297 g/mol. The molecule has 1 aromatic heterocycles. The Balaban J connectivity index is 1.92. The maximum absolute atomic E-state index is 13.1. The predicted octanol–water partition coefficient (Wildman–Crippen LogP) is 2.95. The molecule has 0 spiro atoms. The van der Waals surface area contributed by atoms with Crippen LogP contribution in [-0.2, 0) is 4.74 Å². The molecule has 2 aliphatic rings. The van der Waals surface area contributed by atoms with Crippen molar-refractivity contribution in [2.75, 3.05) is 7.05 Å². The summed E-state index contributed by atoms with van der Waals surface area (Å²) in [5.74, 6) is -1.47. The summed E-state index contributed by atoms with van der Waals surface area (Å²) in [6.45, 7) is 0. The number of benzene rings is 1. The lowest BCUT2D eigenvalue weighted by Crippen LogP contribution is -2.43. The fourth-order valence-electron chi connectivity index (χ4n) is 2.19. The zero-order chi connectivity index (χ0) is 26.1. The molecule has 2 aromatic rings. The van der Waals surface area contributed by atoms with E-state index in [4.69, 9.17) is 22.6 Å². The maximum atomic E-state index is 13.1. The molecule has 4 nitrogen and oxygen atoms in total. The fourth-order valence-corrected chi connectivity index (χ4v) is 2.19. The van der Waals surface area contributed by atoms with Crippen molar-refractivity contribution in [2.24, 2.45) is 0 Å². The van der Waals surface area contributed by atoms with E-state index in [0.717, 1.165) is 13.2 Å². The standard InChI is InChI=1S/C17H20N2O2/c1-19-11-6-7-12(19)9-13(8-11)21-17(20)15-10-18-16-5-3-2-4-14(15)16/h2-5,10-13,18H,6-9H2,1H3/t11-,12+,13?/i3D,5D,6D2,7D2,8D2,9D2,11D,12D,13D. The summed E-state index contributed by atoms with van der Waals surface area (Å²) < 4.78 is 113. The van der Waals surface area contributed by atoms with E-state index in [9.17, 15) is 4.79 Å². The molecule has 110 valence electrons. The number of hydrogen-bond donors (Lipinski definition) is 1. The van der Waals surface area contributed by atoms with Gasteiger partial charge in [-0.1, -0.05) is 18.2 Å². The van der Waals surface area contributed by atoms with Crippen molar-refractivity contribution in [3.63, 3.8) is 0 Å². The van der Waals surface area contributed by atoms with Gasteiger partial charge in [-0.15, -0.1) is 0 Å². The number of fused-ring (bicyclic) bond motifs is 3. The summed E-state index contributed by atoms with van der Waals surface area (Å²) in [5, 5.41) is 0.0541. The Hall–Kier alpha value is -1.81. The highest BCUT2D eigenvalue weighted by atomic mass is 16.5. The average molecular weight is 297 g/mol. The van der Waals surface area contributed by atoms with Crippen LogP contribution in [0, 0.1) is 0 Å². The molecular formula is C17H20N2O2. The van der Waals surface area contributed by atoms with Crippen molar-refractivity contribution in [2.45, 2.75) is 43.6 Å². The number of carbonyl (C=O) groups is 1. The zero-order valence-corrected chi connectivity index (χ0v) is 11.0. The molecule has 4 rings (SSSR count). The summed E-state index contributed by atoms with van der Waals surface area (Å²) in [5.41, 5.74) is -0.299. The summed E-state index contributed by atoms with van der Waals surface area (Å²) in [4.78, 5) is 16.0. The van der Waals surface area contributed by atoms with Crippen LogP contribution in [0.1, 0.15) is 53.7 Å². The van der Waals surface area contributed by atoms with Crippen LogP contribution in [0.4, 0.5) is 0 Å². The van der Waals surface area contributed by atoms with E-state index in [1.165, 1.54) is 12.1 Å². The number of aromatic amines is 1. The van der Waals surface area contributed by atoms with Gasteiger partial charge < -0.3 is 14.6 Å². The molecule has 0 aliphatic carbocycles. The van der Waals surface area contributed by atoms with Gasteiger partial charge in [0, 0.05) is 55.6 Å². The molecule has 2 fully saturated rings. The minimum Gasteiger partial charge on any atom is -0.459 e. The summed E-state index contributed by atoms with van der Waals surface area (Å²) in [7, 11) is 0.827. The van der Waals surface area contributed by atoms with Crippen LogP contribution in [0.3, 0.4) is 0 Å². The minimum absolute atomic E-state index is 0.0505. The molecule has 2 aliphatic heterocycles. The molecule has 0 radical (unpaired) electrons. The molecule has 1 unspecified atom stereocenters. The number of nitrogens with zero attached hydrogens (tertiary/aromatic N) is 1. The van der Waals surface area contributed by atoms with Crippen molar-refractivity contribution in [1.82, 2.24) is 9.88 Å². The van der Waals surface area contributed by atoms with Crippen LogP contribution in [0.25, 0.3) is 10.9 Å². The van der Waals surface area contributed by atoms with Gasteiger partial charge in [0.25, 0.3) is 0 Å². The van der Waals surface area contributed by atoms with Crippen LogP contribution in [0.15, 0.2) is 30.4 Å². The average Bonchev–Trinajstić information content (AvgIpc) is 3.19. The van der Waals surface area contributed by atoms with Crippen LogP contribution in [-0.4, -0.2) is 41.0 Å². The Kier molecular flexibility index (Phi) is 1.19. The van der Waals surface area contributed by atoms with Crippen molar-refractivity contribution in [1.29, 1.82) is 0 Å². The molecular weight excluding hydrogens is 264 g/mol. The Morgan fingerprint density at radius 2 is 2.29 bits per heavy atom. The third kappa shape index (κ3) is 2.14. The molecule has 2 saturated heterocycles. The molecule has 3 heterocycles. The maximum Gasteiger partial charge on any atom is 0.340 e. The largest absolute Gasteiger partial charge is 0.459 e. The zero-order valence-electron chi connectivity index (χ0n) is 24.0. The van der Waals surface area contributed by atoms with Crippen LogP contribution in [0.2, 0.25) is 0 Å². The highest BCUT2D eigenvalue weighted by Gasteiger charge is 2.40. The highest BCUT2D eigenvalue weighted by Crippen LogP contribution is 2.35. The topological polar surface area (TPSA) is 45.3 Å². The lowest BCUT2D eigenvalue weighted by Gasteiger charge is -2.35. The van der Waals surface area contributed by atoms with Gasteiger partial charge in [0.1, 0.15) is 6.08 Å². The molecule has 21 heavy (non-hydrogen) atoms. The van der Waals surface area contributed by atoms with Crippen LogP contribution >= 0.6 is 0 Å². The number of hydrogen-bond acceptors (Lipinski definition) is 3. The van der Waals surface area contributed by atoms with Crippen LogP contribution < -0.4 is 0 Å². The van der Waals surface area contributed by atoms with Crippen molar-refractivity contribution < 1.29 is 27.4 Å². The number of aromatic nitrogens is 1. The first-order chi connectivity index (χ1) is 15.2. The Labute approximate surface area is 142 Å². The first-order valence-electron chi connectivity index (χ1n) is 12.7. The van der Waals surface area contributed by atoms with Gasteiger partial charge in [0.15, 0.2) is 0 Å². The lowest BCUT2D eigenvalue weighted by atomic mass is 10.0. The third-order valence-corrected chi connectivity index (χ3v) is 3.30. The van der Waals surface area contributed by atoms with E-state index in [1.807, 2.05) is 0 Å². The Bertz CT molecular complexity index is 1190. The number of nitrogens with one attached hydrogen (secondary N) is 1. The number of esters is 1. The normalized spacial score (nSPS) is 58.0. The number of H-pyrrole nitrogens is 1. The molecule has 1 aromatic carbocycles. The SMILES string of the molecule is [2H]c1ccc2c(C(=O)OC3([2H])C([2H])([2H])[C@]4([2H])N(C)[C@]([2H])(C3([2H])[2H])C([2H])([2H])C4([2H])[2H])c[nH]c2c1[2H]. The van der Waals surface area contributed by atoms with Gasteiger partial charge in [-0.05, 0) is 25.8 Å². The number of ether oxygens (including phenoxy) is 1. The summed E-state index contributed by atoms with van der Waals surface area (Å²) in [6.07, 6.45) is -17.1. The molecule has 1 N–H and O–H groups in total. The van der Waals surface area contributed by atoms with E-state index >= 15 is 0 Å². The van der Waals surface area contributed by atoms with Gasteiger partial charge in [-0.2, -0.15) is 0 Å².